The Kier molecular flexibility index (Phi) is 4.75. The van der Waals surface area contributed by atoms with Crippen molar-refractivity contribution in [2.45, 2.75) is 32.1 Å². The van der Waals surface area contributed by atoms with Crippen molar-refractivity contribution in [3.05, 3.63) is 59.7 Å². The smallest absolute Gasteiger partial charge is 0.238 e. The van der Waals surface area contributed by atoms with Gasteiger partial charge in [0.15, 0.2) is 0 Å². The van der Waals surface area contributed by atoms with Gasteiger partial charge >= 0.3 is 0 Å². The highest BCUT2D eigenvalue weighted by molar-refractivity contribution is 6.23. The van der Waals surface area contributed by atoms with Gasteiger partial charge in [-0.3, -0.25) is 19.3 Å². The number of anilines is 1. The molecule has 1 aliphatic heterocycles. The summed E-state index contributed by atoms with van der Waals surface area (Å²) < 4.78 is 5.20. The van der Waals surface area contributed by atoms with Crippen LogP contribution >= 0.6 is 0 Å². The van der Waals surface area contributed by atoms with Crippen molar-refractivity contribution in [2.24, 2.45) is 11.8 Å². The summed E-state index contributed by atoms with van der Waals surface area (Å²) in [6, 6.07) is 14.9. The van der Waals surface area contributed by atoms with Crippen LogP contribution in [0.5, 0.6) is 5.75 Å². The molecule has 2 aliphatic rings. The number of fused-ring (bicyclic) bond motifs is 1. The van der Waals surface area contributed by atoms with Crippen LogP contribution in [0, 0.1) is 11.8 Å². The fourth-order valence-electron chi connectivity index (χ4n) is 4.43. The minimum atomic E-state index is -0.577. The highest BCUT2D eigenvalue weighted by atomic mass is 16.5. The molecule has 3 atom stereocenters. The summed E-state index contributed by atoms with van der Waals surface area (Å²) >= 11 is 0. The Bertz CT molecular complexity index is 917. The van der Waals surface area contributed by atoms with Gasteiger partial charge in [0, 0.05) is 18.8 Å². The molecule has 0 aromatic heterocycles. The zero-order valence-electron chi connectivity index (χ0n) is 16.1. The summed E-state index contributed by atoms with van der Waals surface area (Å²) in [7, 11) is 1.59. The first-order valence-electron chi connectivity index (χ1n) is 9.66. The number of hydrogen-bond acceptors (Lipinski definition) is 4. The van der Waals surface area contributed by atoms with E-state index in [9.17, 15) is 14.4 Å². The first kappa shape index (κ1) is 18.4. The number of hydrogen-bond donors (Lipinski definition) is 0. The number of methoxy groups -OCH3 is 1. The number of ether oxygens (including phenoxy) is 1. The van der Waals surface area contributed by atoms with Crippen molar-refractivity contribution in [2.75, 3.05) is 12.0 Å². The fraction of sp³-hybridized carbons (Fsp3) is 0.348. The molecule has 1 saturated heterocycles. The number of carbonyl (C=O) groups excluding carboxylic acids is 3. The van der Waals surface area contributed by atoms with Crippen molar-refractivity contribution in [3.8, 4) is 5.75 Å². The lowest BCUT2D eigenvalue weighted by Crippen LogP contribution is -2.34. The monoisotopic (exact) mass is 377 g/mol. The van der Waals surface area contributed by atoms with E-state index in [0.29, 0.717) is 11.4 Å². The van der Waals surface area contributed by atoms with Crippen LogP contribution in [-0.2, 0) is 20.8 Å². The Morgan fingerprint density at radius 2 is 1.54 bits per heavy atom. The van der Waals surface area contributed by atoms with Crippen molar-refractivity contribution < 1.29 is 19.1 Å². The van der Waals surface area contributed by atoms with Crippen LogP contribution < -0.4 is 9.64 Å². The molecule has 2 fully saturated rings. The lowest BCUT2D eigenvalue weighted by Gasteiger charge is -2.30. The lowest BCUT2D eigenvalue weighted by atomic mass is 9.70. The molecule has 0 radical (unpaired) electrons. The molecule has 5 heteroatoms. The maximum atomic E-state index is 13.3. The number of ketones is 1. The van der Waals surface area contributed by atoms with E-state index in [0.717, 1.165) is 17.5 Å². The molecule has 1 aliphatic carbocycles. The number of aryl methyl sites for hydroxylation is 1. The van der Waals surface area contributed by atoms with Gasteiger partial charge in [0.1, 0.15) is 11.5 Å². The van der Waals surface area contributed by atoms with E-state index in [1.54, 1.807) is 7.11 Å². The Morgan fingerprint density at radius 3 is 2.14 bits per heavy atom. The molecule has 28 heavy (non-hydrogen) atoms. The van der Waals surface area contributed by atoms with Crippen LogP contribution in [0.3, 0.4) is 0 Å². The predicted molar refractivity (Wildman–Crippen MR) is 105 cm³/mol. The minimum absolute atomic E-state index is 0.0337. The zero-order chi connectivity index (χ0) is 19.8. The van der Waals surface area contributed by atoms with E-state index in [4.69, 9.17) is 4.74 Å². The number of amides is 2. The molecule has 1 saturated carbocycles. The Morgan fingerprint density at radius 1 is 0.893 bits per heavy atom. The molecule has 4 rings (SSSR count). The van der Waals surface area contributed by atoms with Crippen LogP contribution in [0.25, 0.3) is 0 Å². The van der Waals surface area contributed by atoms with Gasteiger partial charge in [-0.1, -0.05) is 31.2 Å². The highest BCUT2D eigenvalue weighted by Crippen LogP contribution is 2.46. The van der Waals surface area contributed by atoms with Gasteiger partial charge < -0.3 is 4.74 Å². The number of carbonyl (C=O) groups is 3. The summed E-state index contributed by atoms with van der Waals surface area (Å²) in [4.78, 5) is 40.0. The van der Waals surface area contributed by atoms with Crippen LogP contribution in [0.2, 0.25) is 0 Å². The van der Waals surface area contributed by atoms with Crippen LogP contribution in [0.1, 0.15) is 36.8 Å². The standard InChI is InChI=1S/C23H23NO4/c1-3-14-4-8-16(9-5-14)24-22(26)20-13-17(25)12-19(21(20)23(24)27)15-6-10-18(28-2)11-7-15/h4-11,19-21H,3,12-13H2,1-2H3/t19?,20-,21+/m0/s1. The second-order valence-electron chi connectivity index (χ2n) is 7.49. The van der Waals surface area contributed by atoms with E-state index in [-0.39, 0.29) is 36.4 Å². The third-order valence-electron chi connectivity index (χ3n) is 5.95. The number of Topliss-reactive ketones (excluding diaryl/α,β-unsaturated/α-hetero) is 1. The van der Waals surface area contributed by atoms with Crippen LogP contribution in [-0.4, -0.2) is 24.7 Å². The molecule has 2 aromatic carbocycles. The molecule has 0 bridgehead atoms. The summed E-state index contributed by atoms with van der Waals surface area (Å²) in [5.74, 6) is -1.07. The summed E-state index contributed by atoms with van der Waals surface area (Å²) in [5, 5.41) is 0. The van der Waals surface area contributed by atoms with Gasteiger partial charge in [-0.25, -0.2) is 0 Å². The van der Waals surface area contributed by atoms with Gasteiger partial charge in [0.05, 0.1) is 24.6 Å². The van der Waals surface area contributed by atoms with Gasteiger partial charge in [-0.05, 0) is 41.8 Å². The van der Waals surface area contributed by atoms with E-state index in [2.05, 4.69) is 6.92 Å². The lowest BCUT2D eigenvalue weighted by molar-refractivity contribution is -0.130. The molecule has 0 N–H and O–H groups in total. The van der Waals surface area contributed by atoms with Crippen LogP contribution in [0.15, 0.2) is 48.5 Å². The van der Waals surface area contributed by atoms with Crippen molar-refractivity contribution in [1.29, 1.82) is 0 Å². The third kappa shape index (κ3) is 3.01. The van der Waals surface area contributed by atoms with Crippen LogP contribution in [0.4, 0.5) is 5.69 Å². The number of imide groups is 1. The third-order valence-corrected chi connectivity index (χ3v) is 5.95. The average molecular weight is 377 g/mol. The highest BCUT2D eigenvalue weighted by Gasteiger charge is 2.54. The quantitative estimate of drug-likeness (QED) is 0.765. The molecule has 144 valence electrons. The van der Waals surface area contributed by atoms with E-state index >= 15 is 0 Å². The molecule has 0 spiro atoms. The molecule has 1 heterocycles. The second-order valence-corrected chi connectivity index (χ2v) is 7.49. The Balaban J connectivity index is 1.69. The topological polar surface area (TPSA) is 63.7 Å². The Hall–Kier alpha value is -2.95. The molecule has 2 amide bonds. The van der Waals surface area contributed by atoms with Crippen molar-refractivity contribution in [3.63, 3.8) is 0 Å². The molecule has 2 aromatic rings. The van der Waals surface area contributed by atoms with E-state index in [1.807, 2.05) is 48.5 Å². The maximum Gasteiger partial charge on any atom is 0.238 e. The SMILES string of the molecule is CCc1ccc(N2C(=O)[C@H]3CC(=O)CC(c4ccc(OC)cc4)[C@H]3C2=O)cc1. The normalized spacial score (nSPS) is 24.4. The fourth-order valence-corrected chi connectivity index (χ4v) is 4.43. The number of nitrogens with zero attached hydrogens (tertiary/aromatic N) is 1. The largest absolute Gasteiger partial charge is 0.497 e. The van der Waals surface area contributed by atoms with Gasteiger partial charge in [0.2, 0.25) is 11.8 Å². The maximum absolute atomic E-state index is 13.3. The van der Waals surface area contributed by atoms with E-state index in [1.165, 1.54) is 4.90 Å². The molecular weight excluding hydrogens is 354 g/mol. The molecular formula is C23H23NO4. The number of benzene rings is 2. The minimum Gasteiger partial charge on any atom is -0.497 e. The summed E-state index contributed by atoms with van der Waals surface area (Å²) in [6.45, 7) is 2.06. The molecule has 5 nitrogen and oxygen atoms in total. The number of rotatable bonds is 4. The van der Waals surface area contributed by atoms with Gasteiger partial charge in [0.25, 0.3) is 0 Å². The first-order valence-corrected chi connectivity index (χ1v) is 9.66. The summed E-state index contributed by atoms with van der Waals surface area (Å²) in [5.41, 5.74) is 2.63. The zero-order valence-corrected chi connectivity index (χ0v) is 16.1. The first-order chi connectivity index (χ1) is 13.5. The Labute approximate surface area is 164 Å². The van der Waals surface area contributed by atoms with E-state index < -0.39 is 11.8 Å². The average Bonchev–Trinajstić information content (AvgIpc) is 2.97. The van der Waals surface area contributed by atoms with Gasteiger partial charge in [-0.15, -0.1) is 0 Å². The predicted octanol–water partition coefficient (Wildman–Crippen LogP) is 3.51. The van der Waals surface area contributed by atoms with Crippen molar-refractivity contribution in [1.82, 2.24) is 0 Å². The summed E-state index contributed by atoms with van der Waals surface area (Å²) in [6.07, 6.45) is 1.32. The van der Waals surface area contributed by atoms with Gasteiger partial charge in [-0.2, -0.15) is 0 Å². The second kappa shape index (κ2) is 7.23. The molecule has 1 unspecified atom stereocenters. The van der Waals surface area contributed by atoms with Crippen molar-refractivity contribution >= 4 is 23.3 Å².